The van der Waals surface area contributed by atoms with Gasteiger partial charge in [0.25, 0.3) is 0 Å². The van der Waals surface area contributed by atoms with Gasteiger partial charge in [0.1, 0.15) is 5.75 Å². The van der Waals surface area contributed by atoms with Crippen LogP contribution in [-0.2, 0) is 0 Å². The molecular weight excluding hydrogens is 220 g/mol. The Bertz CT molecular complexity index is 426. The molecule has 4 heteroatoms. The van der Waals surface area contributed by atoms with Gasteiger partial charge in [-0.2, -0.15) is 0 Å². The minimum atomic E-state index is 0.188. The lowest BCUT2D eigenvalue weighted by Crippen LogP contribution is -1.99. The van der Waals surface area contributed by atoms with Gasteiger partial charge in [-0.25, -0.2) is 0 Å². The van der Waals surface area contributed by atoms with E-state index < -0.39 is 0 Å². The van der Waals surface area contributed by atoms with Crippen molar-refractivity contribution in [3.63, 3.8) is 0 Å². The van der Waals surface area contributed by atoms with Crippen molar-refractivity contribution in [2.24, 2.45) is 0 Å². The van der Waals surface area contributed by atoms with E-state index in [2.05, 4.69) is 6.58 Å². The van der Waals surface area contributed by atoms with Crippen molar-refractivity contribution in [1.29, 1.82) is 0 Å². The molecule has 0 saturated carbocycles. The van der Waals surface area contributed by atoms with Crippen LogP contribution in [0.3, 0.4) is 0 Å². The van der Waals surface area contributed by atoms with Gasteiger partial charge in [-0.15, -0.1) is 6.58 Å². The number of allylic oxidation sites excluding steroid dienone is 1. The fourth-order valence-corrected chi connectivity index (χ4v) is 1.57. The molecule has 4 nitrogen and oxygen atoms in total. The first kappa shape index (κ1) is 11.5. The zero-order valence-corrected chi connectivity index (χ0v) is 9.48. The monoisotopic (exact) mass is 234 g/mol. The number of aldehydes is 1. The van der Waals surface area contributed by atoms with Crippen molar-refractivity contribution in [2.45, 2.75) is 12.8 Å². The molecule has 1 aliphatic rings. The zero-order chi connectivity index (χ0) is 12.1. The molecular formula is C13H14O4. The Morgan fingerprint density at radius 2 is 2.12 bits per heavy atom. The van der Waals surface area contributed by atoms with Gasteiger partial charge in [-0.05, 0) is 18.9 Å². The summed E-state index contributed by atoms with van der Waals surface area (Å²) in [4.78, 5) is 10.9. The highest BCUT2D eigenvalue weighted by Crippen LogP contribution is 2.37. The highest BCUT2D eigenvalue weighted by atomic mass is 16.7. The molecule has 2 rings (SSSR count). The summed E-state index contributed by atoms with van der Waals surface area (Å²) in [6.45, 7) is 4.37. The molecule has 0 atom stereocenters. The van der Waals surface area contributed by atoms with E-state index in [-0.39, 0.29) is 6.79 Å². The predicted octanol–water partition coefficient (Wildman–Crippen LogP) is 2.57. The summed E-state index contributed by atoms with van der Waals surface area (Å²) < 4.78 is 16.0. The molecule has 0 aliphatic carbocycles. The third-order valence-electron chi connectivity index (χ3n) is 2.44. The van der Waals surface area contributed by atoms with E-state index in [0.717, 1.165) is 19.1 Å². The smallest absolute Gasteiger partial charge is 0.231 e. The molecule has 1 heterocycles. The lowest BCUT2D eigenvalue weighted by atomic mass is 10.2. The number of carbonyl (C=O) groups excluding carboxylic acids is 1. The van der Waals surface area contributed by atoms with Crippen molar-refractivity contribution in [3.8, 4) is 17.2 Å². The molecule has 0 saturated heterocycles. The summed E-state index contributed by atoms with van der Waals surface area (Å²) in [6.07, 6.45) is 4.35. The Hall–Kier alpha value is -1.97. The third-order valence-corrected chi connectivity index (χ3v) is 2.44. The molecule has 0 fully saturated rings. The standard InChI is InChI=1S/C13H14O4/c1-2-3-4-5-15-11-7-13-12(16-9-17-13)6-10(11)8-14/h2,6-8H,1,3-5,9H2. The maximum Gasteiger partial charge on any atom is 0.231 e. The van der Waals surface area contributed by atoms with Crippen LogP contribution in [0, 0.1) is 0 Å². The van der Waals surface area contributed by atoms with Crippen LogP contribution in [0.1, 0.15) is 23.2 Å². The molecule has 0 N–H and O–H groups in total. The molecule has 17 heavy (non-hydrogen) atoms. The first-order chi connectivity index (χ1) is 8.35. The lowest BCUT2D eigenvalue weighted by molar-refractivity contribution is 0.111. The molecule has 0 spiro atoms. The predicted molar refractivity (Wildman–Crippen MR) is 62.9 cm³/mol. The van der Waals surface area contributed by atoms with E-state index in [9.17, 15) is 4.79 Å². The molecule has 1 aromatic carbocycles. The zero-order valence-electron chi connectivity index (χ0n) is 9.48. The van der Waals surface area contributed by atoms with Gasteiger partial charge in [-0.1, -0.05) is 6.08 Å². The van der Waals surface area contributed by atoms with Crippen molar-refractivity contribution < 1.29 is 19.0 Å². The quantitative estimate of drug-likeness (QED) is 0.431. The molecule has 90 valence electrons. The van der Waals surface area contributed by atoms with E-state index in [1.54, 1.807) is 12.1 Å². The number of unbranched alkanes of at least 4 members (excludes halogenated alkanes) is 1. The number of hydrogen-bond donors (Lipinski definition) is 0. The average Bonchev–Trinajstić information content (AvgIpc) is 2.80. The lowest BCUT2D eigenvalue weighted by Gasteiger charge is -2.08. The topological polar surface area (TPSA) is 44.8 Å². The summed E-state index contributed by atoms with van der Waals surface area (Å²) in [5.74, 6) is 1.74. The second kappa shape index (κ2) is 5.39. The summed E-state index contributed by atoms with van der Waals surface area (Å²) >= 11 is 0. The Kier molecular flexibility index (Phi) is 3.65. The van der Waals surface area contributed by atoms with E-state index in [1.807, 2.05) is 6.08 Å². The van der Waals surface area contributed by atoms with Crippen LogP contribution in [0.4, 0.5) is 0 Å². The van der Waals surface area contributed by atoms with Crippen LogP contribution < -0.4 is 14.2 Å². The minimum Gasteiger partial charge on any atom is -0.493 e. The number of benzene rings is 1. The maximum absolute atomic E-state index is 10.9. The first-order valence-corrected chi connectivity index (χ1v) is 5.47. The second-order valence-corrected chi connectivity index (χ2v) is 3.64. The normalized spacial score (nSPS) is 12.2. The highest BCUT2D eigenvalue weighted by molar-refractivity contribution is 5.81. The van der Waals surface area contributed by atoms with Crippen molar-refractivity contribution in [2.75, 3.05) is 13.4 Å². The molecule has 1 aliphatic heterocycles. The van der Waals surface area contributed by atoms with E-state index in [0.29, 0.717) is 29.4 Å². The number of rotatable bonds is 6. The Morgan fingerprint density at radius 1 is 1.35 bits per heavy atom. The summed E-state index contributed by atoms with van der Waals surface area (Å²) in [7, 11) is 0. The number of carbonyl (C=O) groups is 1. The van der Waals surface area contributed by atoms with Crippen LogP contribution in [0.25, 0.3) is 0 Å². The van der Waals surface area contributed by atoms with E-state index >= 15 is 0 Å². The van der Waals surface area contributed by atoms with Gasteiger partial charge in [0.2, 0.25) is 6.79 Å². The molecule has 0 amide bonds. The van der Waals surface area contributed by atoms with Crippen LogP contribution in [0.2, 0.25) is 0 Å². The van der Waals surface area contributed by atoms with Crippen LogP contribution in [-0.4, -0.2) is 19.7 Å². The van der Waals surface area contributed by atoms with Crippen molar-refractivity contribution in [1.82, 2.24) is 0 Å². The van der Waals surface area contributed by atoms with Crippen LogP contribution in [0.15, 0.2) is 24.8 Å². The SMILES string of the molecule is C=CCCCOc1cc2c(cc1C=O)OCO2. The highest BCUT2D eigenvalue weighted by Gasteiger charge is 2.17. The Labute approximate surface area is 99.8 Å². The molecule has 0 aromatic heterocycles. The van der Waals surface area contributed by atoms with E-state index in [4.69, 9.17) is 14.2 Å². The second-order valence-electron chi connectivity index (χ2n) is 3.64. The van der Waals surface area contributed by atoms with E-state index in [1.165, 1.54) is 0 Å². The van der Waals surface area contributed by atoms with Gasteiger partial charge < -0.3 is 14.2 Å². The maximum atomic E-state index is 10.9. The van der Waals surface area contributed by atoms with Gasteiger partial charge in [-0.3, -0.25) is 4.79 Å². The summed E-state index contributed by atoms with van der Waals surface area (Å²) in [5, 5.41) is 0. The Morgan fingerprint density at radius 3 is 2.82 bits per heavy atom. The summed E-state index contributed by atoms with van der Waals surface area (Å²) in [5.41, 5.74) is 0.479. The van der Waals surface area contributed by atoms with Gasteiger partial charge in [0.15, 0.2) is 17.8 Å². The fraction of sp³-hybridized carbons (Fsp3) is 0.308. The van der Waals surface area contributed by atoms with Crippen molar-refractivity contribution in [3.05, 3.63) is 30.4 Å². The molecule has 0 radical (unpaired) electrons. The van der Waals surface area contributed by atoms with Gasteiger partial charge in [0, 0.05) is 6.07 Å². The summed E-state index contributed by atoms with van der Waals surface area (Å²) in [6, 6.07) is 3.33. The molecule has 0 unspecified atom stereocenters. The minimum absolute atomic E-state index is 0.188. The van der Waals surface area contributed by atoms with Gasteiger partial charge >= 0.3 is 0 Å². The molecule has 1 aromatic rings. The van der Waals surface area contributed by atoms with Crippen molar-refractivity contribution >= 4 is 6.29 Å². The molecule has 0 bridgehead atoms. The van der Waals surface area contributed by atoms with Gasteiger partial charge in [0.05, 0.1) is 12.2 Å². The average molecular weight is 234 g/mol. The largest absolute Gasteiger partial charge is 0.493 e. The number of fused-ring (bicyclic) bond motifs is 1. The number of ether oxygens (including phenoxy) is 3. The van der Waals surface area contributed by atoms with Crippen LogP contribution in [0.5, 0.6) is 17.2 Å². The fourth-order valence-electron chi connectivity index (χ4n) is 1.57. The third kappa shape index (κ3) is 2.58. The Balaban J connectivity index is 2.09. The number of hydrogen-bond acceptors (Lipinski definition) is 4. The van der Waals surface area contributed by atoms with Crippen LogP contribution >= 0.6 is 0 Å². The first-order valence-electron chi connectivity index (χ1n) is 5.47.